The molecule has 104 valence electrons. The van der Waals surface area contributed by atoms with Crippen molar-refractivity contribution in [3.8, 4) is 0 Å². The van der Waals surface area contributed by atoms with Crippen LogP contribution < -0.4 is 5.32 Å². The number of amides is 1. The van der Waals surface area contributed by atoms with Crippen LogP contribution in [0.3, 0.4) is 0 Å². The average Bonchev–Trinajstić information content (AvgIpc) is 3.12. The van der Waals surface area contributed by atoms with Gasteiger partial charge < -0.3 is 5.32 Å². The van der Waals surface area contributed by atoms with Gasteiger partial charge in [-0.15, -0.1) is 11.3 Å². The Labute approximate surface area is 126 Å². The molecule has 3 aromatic rings. The molecule has 4 heteroatoms. The average molecular weight is 294 g/mol. The molecule has 21 heavy (non-hydrogen) atoms. The largest absolute Gasteiger partial charge is 0.348 e. The second-order valence-corrected chi connectivity index (χ2v) is 6.19. The number of pyridine rings is 1. The van der Waals surface area contributed by atoms with Gasteiger partial charge in [-0.3, -0.25) is 9.78 Å². The van der Waals surface area contributed by atoms with Crippen LogP contribution in [0.25, 0.3) is 10.2 Å². The highest BCUT2D eigenvalue weighted by Crippen LogP contribution is 2.22. The van der Waals surface area contributed by atoms with Gasteiger partial charge in [-0.2, -0.15) is 0 Å². The quantitative estimate of drug-likeness (QED) is 0.805. The maximum Gasteiger partial charge on any atom is 0.252 e. The summed E-state index contributed by atoms with van der Waals surface area (Å²) in [5, 5.41) is 4.96. The Bertz CT molecular complexity index is 838. The summed E-state index contributed by atoms with van der Waals surface area (Å²) in [5.74, 6) is 0.0573. The van der Waals surface area contributed by atoms with Crippen molar-refractivity contribution in [1.82, 2.24) is 10.3 Å². The van der Waals surface area contributed by atoms with Crippen molar-refractivity contribution in [3.63, 3.8) is 0 Å². The molecule has 0 saturated heterocycles. The van der Waals surface area contributed by atoms with E-state index in [1.54, 1.807) is 11.3 Å². The SMILES string of the molecule is O=C1NCc2cccc(CCc3ccc4sccc4n3)c21. The van der Waals surface area contributed by atoms with E-state index >= 15 is 0 Å². The second-order valence-electron chi connectivity index (χ2n) is 5.24. The lowest BCUT2D eigenvalue weighted by atomic mass is 9.98. The fraction of sp³-hybridized carbons (Fsp3) is 0.176. The molecule has 1 amide bonds. The van der Waals surface area contributed by atoms with Crippen LogP contribution in [0.1, 0.15) is 27.2 Å². The number of nitrogens with zero attached hydrogens (tertiary/aromatic N) is 1. The van der Waals surface area contributed by atoms with Crippen LogP contribution in [0.2, 0.25) is 0 Å². The minimum absolute atomic E-state index is 0.0573. The molecule has 2 aromatic heterocycles. The lowest BCUT2D eigenvalue weighted by Gasteiger charge is -2.06. The molecular formula is C17H14N2OS. The summed E-state index contributed by atoms with van der Waals surface area (Å²) < 4.78 is 1.22. The smallest absolute Gasteiger partial charge is 0.252 e. The van der Waals surface area contributed by atoms with Crippen LogP contribution in [0.15, 0.2) is 41.8 Å². The Balaban J connectivity index is 1.60. The predicted molar refractivity (Wildman–Crippen MR) is 84.6 cm³/mol. The number of carbonyl (C=O) groups excluding carboxylic acids is 1. The minimum atomic E-state index is 0.0573. The molecule has 0 saturated carbocycles. The van der Waals surface area contributed by atoms with Gasteiger partial charge in [0.1, 0.15) is 0 Å². The number of aryl methyl sites for hydroxylation is 2. The zero-order chi connectivity index (χ0) is 14.2. The zero-order valence-electron chi connectivity index (χ0n) is 11.4. The van der Waals surface area contributed by atoms with Gasteiger partial charge in [0.15, 0.2) is 0 Å². The van der Waals surface area contributed by atoms with Crippen molar-refractivity contribution < 1.29 is 4.79 Å². The predicted octanol–water partition coefficient (Wildman–Crippen LogP) is 3.32. The number of hydrogen-bond donors (Lipinski definition) is 1. The van der Waals surface area contributed by atoms with Crippen molar-refractivity contribution in [2.45, 2.75) is 19.4 Å². The normalized spacial score (nSPS) is 13.4. The number of benzene rings is 1. The van der Waals surface area contributed by atoms with E-state index in [-0.39, 0.29) is 5.91 Å². The van der Waals surface area contributed by atoms with E-state index in [0.29, 0.717) is 6.54 Å². The number of rotatable bonds is 3. The first-order valence-electron chi connectivity index (χ1n) is 7.03. The molecule has 0 radical (unpaired) electrons. The van der Waals surface area contributed by atoms with Crippen molar-refractivity contribution >= 4 is 27.5 Å². The molecule has 0 bridgehead atoms. The summed E-state index contributed by atoms with van der Waals surface area (Å²) in [6.45, 7) is 0.654. The van der Waals surface area contributed by atoms with Gasteiger partial charge in [-0.05, 0) is 47.5 Å². The molecule has 3 heterocycles. The number of aromatic nitrogens is 1. The van der Waals surface area contributed by atoms with Gasteiger partial charge in [0, 0.05) is 17.8 Å². The third kappa shape index (κ3) is 2.21. The maximum atomic E-state index is 11.9. The monoisotopic (exact) mass is 294 g/mol. The van der Waals surface area contributed by atoms with E-state index in [2.05, 4.69) is 33.9 Å². The highest BCUT2D eigenvalue weighted by molar-refractivity contribution is 7.17. The van der Waals surface area contributed by atoms with E-state index in [4.69, 9.17) is 0 Å². The van der Waals surface area contributed by atoms with E-state index < -0.39 is 0 Å². The molecule has 1 aliphatic heterocycles. The summed E-state index contributed by atoms with van der Waals surface area (Å²) in [7, 11) is 0. The van der Waals surface area contributed by atoms with Gasteiger partial charge >= 0.3 is 0 Å². The van der Waals surface area contributed by atoms with E-state index in [1.165, 1.54) is 4.70 Å². The molecular weight excluding hydrogens is 280 g/mol. The fourth-order valence-electron chi connectivity index (χ4n) is 2.86. The lowest BCUT2D eigenvalue weighted by molar-refractivity contribution is 0.0965. The summed E-state index contributed by atoms with van der Waals surface area (Å²) in [4.78, 5) is 16.6. The first-order chi connectivity index (χ1) is 10.3. The molecule has 1 aromatic carbocycles. The van der Waals surface area contributed by atoms with Gasteiger partial charge in [-0.25, -0.2) is 0 Å². The van der Waals surface area contributed by atoms with Crippen molar-refractivity contribution in [3.05, 3.63) is 64.2 Å². The van der Waals surface area contributed by atoms with Gasteiger partial charge in [0.05, 0.1) is 10.2 Å². The topological polar surface area (TPSA) is 42.0 Å². The Hall–Kier alpha value is -2.20. The third-order valence-electron chi connectivity index (χ3n) is 3.92. The molecule has 4 rings (SSSR count). The van der Waals surface area contributed by atoms with Crippen LogP contribution in [-0.4, -0.2) is 10.9 Å². The lowest BCUT2D eigenvalue weighted by Crippen LogP contribution is -2.14. The van der Waals surface area contributed by atoms with Crippen molar-refractivity contribution in [1.29, 1.82) is 0 Å². The number of hydrogen-bond acceptors (Lipinski definition) is 3. The highest BCUT2D eigenvalue weighted by Gasteiger charge is 2.21. The number of carbonyl (C=O) groups is 1. The Morgan fingerprint density at radius 3 is 3.05 bits per heavy atom. The van der Waals surface area contributed by atoms with E-state index in [1.807, 2.05) is 18.2 Å². The van der Waals surface area contributed by atoms with Crippen molar-refractivity contribution in [2.24, 2.45) is 0 Å². The maximum absolute atomic E-state index is 11.9. The highest BCUT2D eigenvalue weighted by atomic mass is 32.1. The van der Waals surface area contributed by atoms with E-state index in [0.717, 1.165) is 40.7 Å². The standard InChI is InChI=1S/C17H14N2OS/c20-17-16-11(2-1-3-12(16)10-18-17)4-5-13-6-7-15-14(19-13)8-9-21-15/h1-3,6-9H,4-5,10H2,(H,18,20). The van der Waals surface area contributed by atoms with Crippen LogP contribution >= 0.6 is 11.3 Å². The van der Waals surface area contributed by atoms with Gasteiger partial charge in [0.25, 0.3) is 5.91 Å². The Kier molecular flexibility index (Phi) is 2.97. The van der Waals surface area contributed by atoms with Crippen LogP contribution in [0.4, 0.5) is 0 Å². The van der Waals surface area contributed by atoms with Crippen LogP contribution in [0, 0.1) is 0 Å². The molecule has 1 N–H and O–H groups in total. The summed E-state index contributed by atoms with van der Waals surface area (Å²) >= 11 is 1.71. The first kappa shape index (κ1) is 12.5. The Morgan fingerprint density at radius 2 is 2.10 bits per heavy atom. The van der Waals surface area contributed by atoms with Gasteiger partial charge in [0.2, 0.25) is 0 Å². The molecule has 3 nitrogen and oxygen atoms in total. The zero-order valence-corrected chi connectivity index (χ0v) is 12.2. The molecule has 1 aliphatic rings. The molecule has 0 unspecified atom stereocenters. The fourth-order valence-corrected chi connectivity index (χ4v) is 3.59. The molecule has 0 atom stereocenters. The van der Waals surface area contributed by atoms with E-state index in [9.17, 15) is 4.79 Å². The number of nitrogens with one attached hydrogen (secondary N) is 1. The third-order valence-corrected chi connectivity index (χ3v) is 4.79. The number of thiophene rings is 1. The summed E-state index contributed by atoms with van der Waals surface area (Å²) in [6, 6.07) is 12.4. The minimum Gasteiger partial charge on any atom is -0.348 e. The first-order valence-corrected chi connectivity index (χ1v) is 7.91. The number of fused-ring (bicyclic) bond motifs is 2. The summed E-state index contributed by atoms with van der Waals surface area (Å²) in [6.07, 6.45) is 1.70. The Morgan fingerprint density at radius 1 is 1.14 bits per heavy atom. The van der Waals surface area contributed by atoms with Crippen LogP contribution in [-0.2, 0) is 19.4 Å². The van der Waals surface area contributed by atoms with Crippen molar-refractivity contribution in [2.75, 3.05) is 0 Å². The molecule has 0 aliphatic carbocycles. The summed E-state index contributed by atoms with van der Waals surface area (Å²) in [5.41, 5.74) is 5.24. The molecule has 0 fully saturated rings. The van der Waals surface area contributed by atoms with Crippen LogP contribution in [0.5, 0.6) is 0 Å². The second kappa shape index (κ2) is 4.97. The molecule has 0 spiro atoms. The van der Waals surface area contributed by atoms with Gasteiger partial charge in [-0.1, -0.05) is 18.2 Å².